The van der Waals surface area contributed by atoms with Crippen LogP contribution in [0.3, 0.4) is 0 Å². The summed E-state index contributed by atoms with van der Waals surface area (Å²) in [6.45, 7) is 2.51. The van der Waals surface area contributed by atoms with Gasteiger partial charge in [0.05, 0.1) is 7.11 Å². The number of fused-ring (bicyclic) bond motifs is 1. The van der Waals surface area contributed by atoms with Crippen LogP contribution in [-0.4, -0.2) is 24.5 Å². The van der Waals surface area contributed by atoms with Gasteiger partial charge in [-0.3, -0.25) is 4.79 Å². The van der Waals surface area contributed by atoms with Gasteiger partial charge in [-0.2, -0.15) is 0 Å². The second kappa shape index (κ2) is 4.26. The number of nitrogens with one attached hydrogen (secondary N) is 2. The lowest BCUT2D eigenvalue weighted by Crippen LogP contribution is -2.22. The zero-order valence-corrected chi connectivity index (χ0v) is 9.33. The number of benzene rings is 1. The van der Waals surface area contributed by atoms with Gasteiger partial charge in [-0.05, 0) is 25.1 Å². The molecule has 2 rings (SSSR count). The van der Waals surface area contributed by atoms with Crippen molar-refractivity contribution in [3.8, 4) is 5.75 Å². The lowest BCUT2D eigenvalue weighted by molar-refractivity contribution is 0.0951. The first kappa shape index (κ1) is 10.5. The number of amides is 1. The van der Waals surface area contributed by atoms with Gasteiger partial charge in [0.25, 0.3) is 5.91 Å². The predicted octanol–water partition coefficient (Wildman–Crippen LogP) is 1.93. The summed E-state index contributed by atoms with van der Waals surface area (Å²) in [5, 5.41) is 3.75. The molecule has 0 radical (unpaired) electrons. The number of rotatable bonds is 3. The largest absolute Gasteiger partial charge is 0.497 e. The van der Waals surface area contributed by atoms with Crippen molar-refractivity contribution in [2.45, 2.75) is 6.92 Å². The number of H-pyrrole nitrogens is 1. The van der Waals surface area contributed by atoms with Gasteiger partial charge in [0.15, 0.2) is 0 Å². The summed E-state index contributed by atoms with van der Waals surface area (Å²) >= 11 is 0. The Morgan fingerprint density at radius 2 is 2.25 bits per heavy atom. The minimum Gasteiger partial charge on any atom is -0.497 e. The van der Waals surface area contributed by atoms with Gasteiger partial charge < -0.3 is 15.0 Å². The Labute approximate surface area is 93.6 Å². The molecule has 4 heteroatoms. The Kier molecular flexibility index (Phi) is 2.81. The first-order valence-electron chi connectivity index (χ1n) is 5.19. The minimum absolute atomic E-state index is 0.0855. The molecule has 4 nitrogen and oxygen atoms in total. The summed E-state index contributed by atoms with van der Waals surface area (Å²) in [5.41, 5.74) is 1.48. The van der Waals surface area contributed by atoms with Crippen LogP contribution >= 0.6 is 0 Å². The molecule has 0 bridgehead atoms. The average Bonchev–Trinajstić information content (AvgIpc) is 2.71. The maximum Gasteiger partial charge on any atom is 0.267 e. The molecule has 0 unspecified atom stereocenters. The topological polar surface area (TPSA) is 54.1 Å². The van der Waals surface area contributed by atoms with Crippen molar-refractivity contribution in [3.05, 3.63) is 30.0 Å². The molecular formula is C12H14N2O2. The van der Waals surface area contributed by atoms with Gasteiger partial charge in [0.1, 0.15) is 11.4 Å². The van der Waals surface area contributed by atoms with E-state index in [0.29, 0.717) is 12.2 Å². The lowest BCUT2D eigenvalue weighted by atomic mass is 10.2. The third-order valence-corrected chi connectivity index (χ3v) is 2.41. The predicted molar refractivity (Wildman–Crippen MR) is 62.9 cm³/mol. The van der Waals surface area contributed by atoms with Crippen molar-refractivity contribution in [1.82, 2.24) is 10.3 Å². The minimum atomic E-state index is -0.0855. The number of aromatic amines is 1. The highest BCUT2D eigenvalue weighted by Gasteiger charge is 2.08. The van der Waals surface area contributed by atoms with Crippen LogP contribution in [0.25, 0.3) is 10.9 Å². The van der Waals surface area contributed by atoms with Gasteiger partial charge in [-0.25, -0.2) is 0 Å². The molecule has 1 amide bonds. The highest BCUT2D eigenvalue weighted by molar-refractivity contribution is 5.98. The van der Waals surface area contributed by atoms with E-state index < -0.39 is 0 Å². The first-order chi connectivity index (χ1) is 7.74. The van der Waals surface area contributed by atoms with Gasteiger partial charge in [0.2, 0.25) is 0 Å². The molecule has 0 aliphatic rings. The number of methoxy groups -OCH3 is 1. The van der Waals surface area contributed by atoms with Crippen LogP contribution in [-0.2, 0) is 0 Å². The van der Waals surface area contributed by atoms with Crippen LogP contribution < -0.4 is 10.1 Å². The maximum atomic E-state index is 11.6. The Hall–Kier alpha value is -1.97. The van der Waals surface area contributed by atoms with E-state index in [-0.39, 0.29) is 5.91 Å². The third kappa shape index (κ3) is 1.86. The fourth-order valence-electron chi connectivity index (χ4n) is 1.61. The van der Waals surface area contributed by atoms with E-state index in [0.717, 1.165) is 16.7 Å². The van der Waals surface area contributed by atoms with E-state index >= 15 is 0 Å². The summed E-state index contributed by atoms with van der Waals surface area (Å²) in [7, 11) is 1.62. The monoisotopic (exact) mass is 218 g/mol. The van der Waals surface area contributed by atoms with Gasteiger partial charge in [0, 0.05) is 23.5 Å². The number of aromatic nitrogens is 1. The van der Waals surface area contributed by atoms with Crippen molar-refractivity contribution in [2.75, 3.05) is 13.7 Å². The van der Waals surface area contributed by atoms with Crippen molar-refractivity contribution in [1.29, 1.82) is 0 Å². The van der Waals surface area contributed by atoms with E-state index in [1.165, 1.54) is 0 Å². The third-order valence-electron chi connectivity index (χ3n) is 2.41. The number of carbonyl (C=O) groups is 1. The van der Waals surface area contributed by atoms with Gasteiger partial charge >= 0.3 is 0 Å². The van der Waals surface area contributed by atoms with Gasteiger partial charge in [-0.15, -0.1) is 0 Å². The van der Waals surface area contributed by atoms with Crippen molar-refractivity contribution >= 4 is 16.8 Å². The molecule has 0 aliphatic carbocycles. The number of ether oxygens (including phenoxy) is 1. The Bertz CT molecular complexity index is 517. The van der Waals surface area contributed by atoms with E-state index in [2.05, 4.69) is 10.3 Å². The summed E-state index contributed by atoms with van der Waals surface area (Å²) < 4.78 is 5.12. The summed E-state index contributed by atoms with van der Waals surface area (Å²) in [6, 6.07) is 7.50. The second-order valence-corrected chi connectivity index (χ2v) is 3.50. The molecule has 1 aromatic carbocycles. The zero-order valence-electron chi connectivity index (χ0n) is 9.33. The Morgan fingerprint density at radius 1 is 1.44 bits per heavy atom. The summed E-state index contributed by atoms with van der Waals surface area (Å²) in [5.74, 6) is 0.689. The molecule has 0 saturated carbocycles. The van der Waals surface area contributed by atoms with E-state index in [9.17, 15) is 4.79 Å². The van der Waals surface area contributed by atoms with E-state index in [4.69, 9.17) is 4.74 Å². The highest BCUT2D eigenvalue weighted by Crippen LogP contribution is 2.21. The molecule has 1 aromatic heterocycles. The van der Waals surface area contributed by atoms with Gasteiger partial charge in [-0.1, -0.05) is 0 Å². The van der Waals surface area contributed by atoms with Crippen LogP contribution in [0.5, 0.6) is 5.75 Å². The smallest absolute Gasteiger partial charge is 0.267 e. The second-order valence-electron chi connectivity index (χ2n) is 3.50. The first-order valence-corrected chi connectivity index (χ1v) is 5.19. The SMILES string of the molecule is CCNC(=O)c1cc2ccc(OC)cc2[nH]1. The molecule has 0 aliphatic heterocycles. The van der Waals surface area contributed by atoms with Crippen LogP contribution in [0.4, 0.5) is 0 Å². The quantitative estimate of drug-likeness (QED) is 0.827. The fraction of sp³-hybridized carbons (Fsp3) is 0.250. The number of carbonyl (C=O) groups excluding carboxylic acids is 1. The summed E-state index contributed by atoms with van der Waals surface area (Å²) in [4.78, 5) is 14.7. The lowest BCUT2D eigenvalue weighted by Gasteiger charge is -1.98. The molecule has 0 fully saturated rings. The molecule has 0 saturated heterocycles. The van der Waals surface area contributed by atoms with Crippen LogP contribution in [0.2, 0.25) is 0 Å². The number of hydrogen-bond donors (Lipinski definition) is 2. The molecule has 16 heavy (non-hydrogen) atoms. The van der Waals surface area contributed by atoms with Crippen molar-refractivity contribution in [2.24, 2.45) is 0 Å². The Morgan fingerprint density at radius 3 is 2.94 bits per heavy atom. The molecule has 2 N–H and O–H groups in total. The van der Waals surface area contributed by atoms with Crippen LogP contribution in [0.15, 0.2) is 24.3 Å². The molecule has 84 valence electrons. The average molecular weight is 218 g/mol. The maximum absolute atomic E-state index is 11.6. The molecule has 2 aromatic rings. The molecule has 0 spiro atoms. The van der Waals surface area contributed by atoms with Crippen molar-refractivity contribution in [3.63, 3.8) is 0 Å². The van der Waals surface area contributed by atoms with Crippen molar-refractivity contribution < 1.29 is 9.53 Å². The van der Waals surface area contributed by atoms with E-state index in [1.54, 1.807) is 7.11 Å². The summed E-state index contributed by atoms with van der Waals surface area (Å²) in [6.07, 6.45) is 0. The number of hydrogen-bond acceptors (Lipinski definition) is 2. The normalized spacial score (nSPS) is 10.4. The molecule has 1 heterocycles. The Balaban J connectivity index is 2.39. The molecular weight excluding hydrogens is 204 g/mol. The van der Waals surface area contributed by atoms with E-state index in [1.807, 2.05) is 31.2 Å². The highest BCUT2D eigenvalue weighted by atomic mass is 16.5. The van der Waals surface area contributed by atoms with Crippen LogP contribution in [0.1, 0.15) is 17.4 Å². The fourth-order valence-corrected chi connectivity index (χ4v) is 1.61. The zero-order chi connectivity index (χ0) is 11.5. The molecule has 0 atom stereocenters. The standard InChI is InChI=1S/C12H14N2O2/c1-3-13-12(15)11-6-8-4-5-9(16-2)7-10(8)14-11/h4-7,14H,3H2,1-2H3,(H,13,15). The van der Waals surface area contributed by atoms with Crippen LogP contribution in [0, 0.1) is 0 Å².